The van der Waals surface area contributed by atoms with Gasteiger partial charge in [0.15, 0.2) is 0 Å². The highest BCUT2D eigenvalue weighted by Gasteiger charge is 2.38. The Morgan fingerprint density at radius 1 is 1.24 bits per heavy atom. The maximum absolute atomic E-state index is 5.44. The van der Waals surface area contributed by atoms with Gasteiger partial charge in [-0.3, -0.25) is 0 Å². The van der Waals surface area contributed by atoms with Crippen LogP contribution in [0.5, 0.6) is 5.75 Å². The zero-order chi connectivity index (χ0) is 14.8. The van der Waals surface area contributed by atoms with Crippen molar-refractivity contribution in [2.24, 2.45) is 0 Å². The predicted molar refractivity (Wildman–Crippen MR) is 91.3 cm³/mol. The first-order chi connectivity index (χ1) is 10.2. The van der Waals surface area contributed by atoms with Crippen LogP contribution in [0.2, 0.25) is 0 Å². The highest BCUT2D eigenvalue weighted by Crippen LogP contribution is 2.39. The third-order valence-corrected chi connectivity index (χ3v) is 5.32. The van der Waals surface area contributed by atoms with Crippen molar-refractivity contribution < 1.29 is 4.74 Å². The lowest BCUT2D eigenvalue weighted by molar-refractivity contribution is 0.247. The lowest BCUT2D eigenvalue weighted by atomic mass is 9.81. The maximum Gasteiger partial charge on any atom is 0.122 e. The summed E-state index contributed by atoms with van der Waals surface area (Å²) in [5.74, 6) is 0.936. The number of piperidine rings is 2. The Bertz CT molecular complexity index is 480. The van der Waals surface area contributed by atoms with Crippen LogP contribution >= 0.6 is 15.9 Å². The summed E-state index contributed by atoms with van der Waals surface area (Å²) in [4.78, 5) is 2.66. The molecule has 2 unspecified atom stereocenters. The third kappa shape index (κ3) is 3.21. The zero-order valence-corrected chi connectivity index (χ0v) is 14.5. The summed E-state index contributed by atoms with van der Waals surface area (Å²) in [6, 6.07) is 8.48. The SMILES string of the molecule is CCNC1CC2CCCC(C1)N2c1cc(Br)cc(OC)c1. The summed E-state index contributed by atoms with van der Waals surface area (Å²) in [5, 5.41) is 3.66. The van der Waals surface area contributed by atoms with Crippen molar-refractivity contribution in [3.8, 4) is 5.75 Å². The number of ether oxygens (including phenoxy) is 1. The molecule has 0 radical (unpaired) electrons. The first kappa shape index (κ1) is 15.2. The molecule has 2 atom stereocenters. The molecule has 2 bridgehead atoms. The molecule has 3 nitrogen and oxygen atoms in total. The second-order valence-electron chi connectivity index (χ2n) is 6.22. The molecule has 2 fully saturated rings. The van der Waals surface area contributed by atoms with Crippen LogP contribution in [0.4, 0.5) is 5.69 Å². The third-order valence-electron chi connectivity index (χ3n) is 4.86. The minimum absolute atomic E-state index is 0.667. The van der Waals surface area contributed by atoms with E-state index in [1.54, 1.807) is 7.11 Å². The largest absolute Gasteiger partial charge is 0.497 e. The Morgan fingerprint density at radius 3 is 2.57 bits per heavy atom. The normalized spacial score (nSPS) is 28.5. The molecular weight excluding hydrogens is 328 g/mol. The van der Waals surface area contributed by atoms with E-state index in [0.717, 1.165) is 16.8 Å². The van der Waals surface area contributed by atoms with Crippen LogP contribution in [-0.4, -0.2) is 31.8 Å². The molecule has 3 rings (SSSR count). The lowest BCUT2D eigenvalue weighted by Gasteiger charge is -2.50. The number of methoxy groups -OCH3 is 1. The second-order valence-corrected chi connectivity index (χ2v) is 7.14. The Balaban J connectivity index is 1.86. The number of nitrogens with zero attached hydrogens (tertiary/aromatic N) is 1. The Morgan fingerprint density at radius 2 is 1.95 bits per heavy atom. The maximum atomic E-state index is 5.44. The van der Waals surface area contributed by atoms with E-state index in [-0.39, 0.29) is 0 Å². The van der Waals surface area contributed by atoms with E-state index in [0.29, 0.717) is 18.1 Å². The quantitative estimate of drug-likeness (QED) is 0.887. The minimum atomic E-state index is 0.667. The monoisotopic (exact) mass is 352 g/mol. The van der Waals surface area contributed by atoms with Gasteiger partial charge in [-0.05, 0) is 50.8 Å². The number of nitrogens with one attached hydrogen (secondary N) is 1. The first-order valence-electron chi connectivity index (χ1n) is 8.07. The molecule has 2 heterocycles. The zero-order valence-electron chi connectivity index (χ0n) is 12.9. The fraction of sp³-hybridized carbons (Fsp3) is 0.647. The Labute approximate surface area is 136 Å². The molecule has 21 heavy (non-hydrogen) atoms. The van der Waals surface area contributed by atoms with E-state index in [2.05, 4.69) is 45.2 Å². The molecule has 2 saturated heterocycles. The topological polar surface area (TPSA) is 24.5 Å². The fourth-order valence-corrected chi connectivity index (χ4v) is 4.53. The Kier molecular flexibility index (Phi) is 4.75. The van der Waals surface area contributed by atoms with Crippen LogP contribution in [0.3, 0.4) is 0 Å². The number of fused-ring (bicyclic) bond motifs is 2. The standard InChI is InChI=1S/C17H25BrN2O/c1-3-19-13-9-14-5-4-6-15(10-13)20(14)16-7-12(18)8-17(11-16)21-2/h7-8,11,13-15,19H,3-6,9-10H2,1-2H3. The van der Waals surface area contributed by atoms with Crippen LogP contribution in [0.15, 0.2) is 22.7 Å². The Hall–Kier alpha value is -0.740. The van der Waals surface area contributed by atoms with Gasteiger partial charge in [-0.2, -0.15) is 0 Å². The molecule has 1 aromatic carbocycles. The van der Waals surface area contributed by atoms with Crippen LogP contribution in [-0.2, 0) is 0 Å². The average Bonchev–Trinajstić information content (AvgIpc) is 2.46. The van der Waals surface area contributed by atoms with Crippen molar-refractivity contribution in [3.63, 3.8) is 0 Å². The molecule has 4 heteroatoms. The average molecular weight is 353 g/mol. The van der Waals surface area contributed by atoms with E-state index in [9.17, 15) is 0 Å². The van der Waals surface area contributed by atoms with Gasteiger partial charge < -0.3 is 15.0 Å². The highest BCUT2D eigenvalue weighted by molar-refractivity contribution is 9.10. The molecule has 0 aromatic heterocycles. The molecule has 0 saturated carbocycles. The van der Waals surface area contributed by atoms with Gasteiger partial charge >= 0.3 is 0 Å². The van der Waals surface area contributed by atoms with Crippen LogP contribution < -0.4 is 15.0 Å². The van der Waals surface area contributed by atoms with E-state index < -0.39 is 0 Å². The van der Waals surface area contributed by atoms with Crippen molar-refractivity contribution in [2.45, 2.75) is 57.2 Å². The van der Waals surface area contributed by atoms with E-state index in [4.69, 9.17) is 4.74 Å². The van der Waals surface area contributed by atoms with Gasteiger partial charge in [-0.1, -0.05) is 22.9 Å². The first-order valence-corrected chi connectivity index (χ1v) is 8.87. The smallest absolute Gasteiger partial charge is 0.122 e. The van der Waals surface area contributed by atoms with Crippen molar-refractivity contribution in [1.82, 2.24) is 5.32 Å². The van der Waals surface area contributed by atoms with Crippen molar-refractivity contribution in [3.05, 3.63) is 22.7 Å². The summed E-state index contributed by atoms with van der Waals surface area (Å²) in [7, 11) is 1.74. The minimum Gasteiger partial charge on any atom is -0.497 e. The second kappa shape index (κ2) is 6.57. The fourth-order valence-electron chi connectivity index (χ4n) is 4.07. The lowest BCUT2D eigenvalue weighted by Crippen LogP contribution is -2.56. The number of anilines is 1. The molecular formula is C17H25BrN2O. The highest BCUT2D eigenvalue weighted by atomic mass is 79.9. The number of benzene rings is 1. The molecule has 1 aromatic rings. The van der Waals surface area contributed by atoms with Gasteiger partial charge in [0.2, 0.25) is 0 Å². The molecule has 116 valence electrons. The van der Waals surface area contributed by atoms with Crippen molar-refractivity contribution in [1.29, 1.82) is 0 Å². The molecule has 2 aliphatic rings. The molecule has 0 amide bonds. The number of halogens is 1. The van der Waals surface area contributed by atoms with Crippen molar-refractivity contribution in [2.75, 3.05) is 18.6 Å². The summed E-state index contributed by atoms with van der Waals surface area (Å²) in [6.45, 7) is 3.29. The van der Waals surface area contributed by atoms with Gasteiger partial charge in [-0.25, -0.2) is 0 Å². The number of hydrogen-bond acceptors (Lipinski definition) is 3. The summed E-state index contributed by atoms with van der Waals surface area (Å²) < 4.78 is 6.54. The van der Waals surface area contributed by atoms with Crippen LogP contribution in [0.1, 0.15) is 39.0 Å². The van der Waals surface area contributed by atoms with Gasteiger partial charge in [0.1, 0.15) is 5.75 Å². The number of rotatable bonds is 4. The van der Waals surface area contributed by atoms with E-state index in [1.165, 1.54) is 37.8 Å². The number of hydrogen-bond donors (Lipinski definition) is 1. The van der Waals surface area contributed by atoms with E-state index in [1.807, 2.05) is 6.07 Å². The van der Waals surface area contributed by atoms with Gasteiger partial charge in [-0.15, -0.1) is 0 Å². The van der Waals surface area contributed by atoms with Crippen molar-refractivity contribution >= 4 is 21.6 Å². The summed E-state index contributed by atoms with van der Waals surface area (Å²) >= 11 is 3.62. The van der Waals surface area contributed by atoms with Crippen LogP contribution in [0, 0.1) is 0 Å². The summed E-state index contributed by atoms with van der Waals surface area (Å²) in [5.41, 5.74) is 1.31. The van der Waals surface area contributed by atoms with Crippen LogP contribution in [0.25, 0.3) is 0 Å². The molecule has 0 spiro atoms. The van der Waals surface area contributed by atoms with Gasteiger partial charge in [0.25, 0.3) is 0 Å². The van der Waals surface area contributed by atoms with Gasteiger partial charge in [0.05, 0.1) is 7.11 Å². The van der Waals surface area contributed by atoms with E-state index >= 15 is 0 Å². The van der Waals surface area contributed by atoms with Gasteiger partial charge in [0, 0.05) is 34.4 Å². The molecule has 1 N–H and O–H groups in total. The summed E-state index contributed by atoms with van der Waals surface area (Å²) in [6.07, 6.45) is 6.52. The molecule has 0 aliphatic carbocycles. The predicted octanol–water partition coefficient (Wildman–Crippen LogP) is 3.96. The molecule has 2 aliphatic heterocycles.